The maximum Gasteiger partial charge on any atom is 0.184 e. The first-order valence-electron chi connectivity index (χ1n) is 3.54. The summed E-state index contributed by atoms with van der Waals surface area (Å²) in [5.41, 5.74) is 5.69. The van der Waals surface area contributed by atoms with Gasteiger partial charge in [0, 0.05) is 0 Å². The Labute approximate surface area is 75.5 Å². The van der Waals surface area contributed by atoms with Crippen LogP contribution in [0.5, 0.6) is 0 Å². The van der Waals surface area contributed by atoms with Crippen LogP contribution in [0.2, 0.25) is 0 Å². The highest BCUT2D eigenvalue weighted by molar-refractivity contribution is 14.2. The number of rotatable bonds is 0. The van der Waals surface area contributed by atoms with Gasteiger partial charge in [-0.3, -0.25) is 0 Å². The molecule has 3 nitrogen and oxygen atoms in total. The number of aromatic nitrogens is 2. The van der Waals surface area contributed by atoms with Gasteiger partial charge in [0.25, 0.3) is 0 Å². The molecule has 1 aliphatic rings. The number of hydrogen-bond acceptors (Lipinski definition) is 2. The zero-order valence-electron chi connectivity index (χ0n) is 6.56. The molecule has 1 N–H and O–H groups in total. The third-order valence-electron chi connectivity index (χ3n) is 1.80. The molecule has 0 radical (unpaired) electrons. The molecule has 1 aromatic heterocycles. The second-order valence-corrected chi connectivity index (χ2v) is 4.98. The molecule has 2 heterocycles. The third-order valence-corrected chi connectivity index (χ3v) is 3.97. The van der Waals surface area contributed by atoms with Crippen molar-refractivity contribution in [3.05, 3.63) is 15.2 Å². The van der Waals surface area contributed by atoms with Gasteiger partial charge in [0.05, 0.1) is 17.9 Å². The molecule has 0 bridgehead atoms. The predicted molar refractivity (Wildman–Crippen MR) is 54.7 cm³/mol. The summed E-state index contributed by atoms with van der Waals surface area (Å²) in [7, 11) is 0. The number of hydrogen-bond donors (Lipinski definition) is 1. The van der Waals surface area contributed by atoms with Crippen LogP contribution in [0.4, 0.5) is 0 Å². The van der Waals surface area contributed by atoms with Crippen molar-refractivity contribution in [2.45, 2.75) is 13.8 Å². The largest absolute Gasteiger partial charge is 0.320 e. The Kier molecular flexibility index (Phi) is 1.71. The van der Waals surface area contributed by atoms with Gasteiger partial charge in [0.2, 0.25) is 0 Å². The van der Waals surface area contributed by atoms with E-state index in [2.05, 4.69) is 32.9 Å². The molecule has 11 heavy (non-hydrogen) atoms. The van der Waals surface area contributed by atoms with Gasteiger partial charge in [0.1, 0.15) is 0 Å². The lowest BCUT2D eigenvalue weighted by atomic mass is 10.4. The monoisotopic (exact) mass is 263 g/mol. The van der Waals surface area contributed by atoms with E-state index in [1.807, 2.05) is 0 Å². The van der Waals surface area contributed by atoms with Crippen LogP contribution < -0.4 is 5.43 Å². The average molecular weight is 263 g/mol. The van der Waals surface area contributed by atoms with E-state index in [0.29, 0.717) is 0 Å². The zero-order chi connectivity index (χ0) is 7.84. The summed E-state index contributed by atoms with van der Waals surface area (Å²) in [6, 6.07) is 0. The number of nitrogens with one attached hydrogen (secondary N) is 1. The van der Waals surface area contributed by atoms with Crippen LogP contribution >= 0.6 is 20.7 Å². The molecule has 0 atom stereocenters. The summed E-state index contributed by atoms with van der Waals surface area (Å²) in [5, 5.41) is 0. The lowest BCUT2D eigenvalue weighted by Gasteiger charge is -2.11. The topological polar surface area (TPSA) is 29.9 Å². The smallest absolute Gasteiger partial charge is 0.184 e. The van der Waals surface area contributed by atoms with Gasteiger partial charge >= 0.3 is 0 Å². The Morgan fingerprint density at radius 2 is 2.45 bits per heavy atom. The van der Waals surface area contributed by atoms with Crippen molar-refractivity contribution in [2.75, 3.05) is 12.0 Å². The number of imidazole rings is 1. The Hall–Kier alpha value is -0.390. The average Bonchev–Trinajstić information content (AvgIpc) is 2.30. The maximum atomic E-state index is 4.47. The molecule has 1 aromatic rings. The molecule has 2 rings (SSSR count). The molecule has 0 saturated heterocycles. The number of aryl methyl sites for hydroxylation is 1. The normalized spacial score (nSPS) is 15.1. The third kappa shape index (κ3) is 1.09. The fourth-order valence-electron chi connectivity index (χ4n) is 1.06. The minimum absolute atomic E-state index is 0.0634. The van der Waals surface area contributed by atoms with Gasteiger partial charge in [0.15, 0.2) is 3.83 Å². The van der Waals surface area contributed by atoms with Crippen molar-refractivity contribution in [1.82, 2.24) is 9.66 Å². The Balaban J connectivity index is 2.61. The summed E-state index contributed by atoms with van der Waals surface area (Å²) < 4.78 is 5.67. The molecule has 0 amide bonds. The molecule has 1 aliphatic heterocycles. The SMILES string of the molecule is Cc1nc2n(c1C)NCC=I2. The standard InChI is InChI=1S/C7H10IN3/c1-5-6(2)11-7(10-5)8-3-4-9-11/h3,9H,4H2,1-2H3. The summed E-state index contributed by atoms with van der Waals surface area (Å²) in [5.74, 6) is 0. The van der Waals surface area contributed by atoms with Crippen molar-refractivity contribution in [3.8, 4) is 0 Å². The molecule has 0 unspecified atom stereocenters. The number of halogens is 1. The van der Waals surface area contributed by atoms with Crippen LogP contribution in [0.15, 0.2) is 0 Å². The minimum atomic E-state index is 0.0634. The highest BCUT2D eigenvalue weighted by atomic mass is 127. The van der Waals surface area contributed by atoms with Crippen LogP contribution in [0.25, 0.3) is 0 Å². The van der Waals surface area contributed by atoms with Crippen molar-refractivity contribution in [2.24, 2.45) is 0 Å². The Morgan fingerprint density at radius 3 is 3.18 bits per heavy atom. The van der Waals surface area contributed by atoms with Gasteiger partial charge in [-0.2, -0.15) is 0 Å². The summed E-state index contributed by atoms with van der Waals surface area (Å²) in [4.78, 5) is 4.47. The van der Waals surface area contributed by atoms with Gasteiger partial charge < -0.3 is 5.43 Å². The summed E-state index contributed by atoms with van der Waals surface area (Å²) in [6.45, 7) is 5.16. The Morgan fingerprint density at radius 1 is 1.64 bits per heavy atom. The van der Waals surface area contributed by atoms with Crippen molar-refractivity contribution in [3.63, 3.8) is 0 Å². The lowest BCUT2D eigenvalue weighted by molar-refractivity contribution is 0.837. The highest BCUT2D eigenvalue weighted by Crippen LogP contribution is 2.15. The predicted octanol–water partition coefficient (Wildman–Crippen LogP) is 1.000. The second-order valence-electron chi connectivity index (χ2n) is 2.51. The molecular formula is C7H10IN3. The summed E-state index contributed by atoms with van der Waals surface area (Å²) >= 11 is 0.0634. The quantitative estimate of drug-likeness (QED) is 0.708. The highest BCUT2D eigenvalue weighted by Gasteiger charge is 2.10. The molecular weight excluding hydrogens is 253 g/mol. The zero-order valence-corrected chi connectivity index (χ0v) is 8.71. The van der Waals surface area contributed by atoms with Crippen LogP contribution in [-0.2, 0) is 0 Å². The fourth-order valence-corrected chi connectivity index (χ4v) is 3.18. The molecule has 0 spiro atoms. The van der Waals surface area contributed by atoms with E-state index in [4.69, 9.17) is 0 Å². The summed E-state index contributed by atoms with van der Waals surface area (Å²) in [6.07, 6.45) is 0. The van der Waals surface area contributed by atoms with Crippen molar-refractivity contribution >= 4 is 24.7 Å². The van der Waals surface area contributed by atoms with E-state index in [0.717, 1.165) is 12.2 Å². The Bertz CT molecular complexity index is 314. The van der Waals surface area contributed by atoms with Crippen molar-refractivity contribution < 1.29 is 0 Å². The van der Waals surface area contributed by atoms with E-state index >= 15 is 0 Å². The van der Waals surface area contributed by atoms with E-state index in [1.54, 1.807) is 0 Å². The first-order chi connectivity index (χ1) is 5.29. The first kappa shape index (κ1) is 7.27. The van der Waals surface area contributed by atoms with Gasteiger partial charge in [-0.05, 0) is 38.6 Å². The molecule has 0 aliphatic carbocycles. The molecule has 4 heteroatoms. The van der Waals surface area contributed by atoms with E-state index in [9.17, 15) is 0 Å². The minimum Gasteiger partial charge on any atom is -0.320 e. The van der Waals surface area contributed by atoms with Crippen LogP contribution in [0, 0.1) is 17.7 Å². The van der Waals surface area contributed by atoms with Gasteiger partial charge in [-0.25, -0.2) is 9.66 Å². The van der Waals surface area contributed by atoms with Crippen LogP contribution in [0.3, 0.4) is 0 Å². The molecule has 0 fully saturated rings. The van der Waals surface area contributed by atoms with Crippen LogP contribution in [-0.4, -0.2) is 20.2 Å². The second kappa shape index (κ2) is 2.58. The maximum absolute atomic E-state index is 4.47. The van der Waals surface area contributed by atoms with E-state index in [1.165, 1.54) is 9.53 Å². The van der Waals surface area contributed by atoms with Gasteiger partial charge in [-0.1, -0.05) is 0 Å². The van der Waals surface area contributed by atoms with E-state index in [-0.39, 0.29) is 20.7 Å². The van der Waals surface area contributed by atoms with Crippen LogP contribution in [0.1, 0.15) is 11.4 Å². The number of nitrogens with zero attached hydrogens (tertiary/aromatic N) is 2. The molecule has 0 aromatic carbocycles. The first-order valence-corrected chi connectivity index (χ1v) is 5.86. The van der Waals surface area contributed by atoms with E-state index < -0.39 is 0 Å². The molecule has 0 saturated carbocycles. The molecule has 60 valence electrons. The van der Waals surface area contributed by atoms with Crippen molar-refractivity contribution in [1.29, 1.82) is 0 Å². The van der Waals surface area contributed by atoms with Gasteiger partial charge in [-0.15, -0.1) is 0 Å². The lowest BCUT2D eigenvalue weighted by Crippen LogP contribution is -2.22. The number of fused-ring (bicyclic) bond motifs is 1. The fraction of sp³-hybridized carbons (Fsp3) is 0.429.